The average molecular weight is 604 g/mol. The number of amides is 2. The second kappa shape index (κ2) is 11.5. The minimum absolute atomic E-state index is 0.0249. The second-order valence-corrected chi connectivity index (χ2v) is 11.4. The smallest absolute Gasteiger partial charge is 0.257 e. The van der Waals surface area contributed by atoms with Gasteiger partial charge in [0.1, 0.15) is 5.75 Å². The topological polar surface area (TPSA) is 92.7 Å². The third-order valence-electron chi connectivity index (χ3n) is 7.86. The zero-order valence-electron chi connectivity index (χ0n) is 22.8. The van der Waals surface area contributed by atoms with E-state index in [1.54, 1.807) is 60.7 Å². The molecule has 1 saturated heterocycles. The summed E-state index contributed by atoms with van der Waals surface area (Å²) in [6.07, 6.45) is 0.992. The van der Waals surface area contributed by atoms with Crippen molar-refractivity contribution in [2.45, 2.75) is 18.9 Å². The predicted molar refractivity (Wildman–Crippen MR) is 166 cm³/mol. The van der Waals surface area contributed by atoms with Crippen molar-refractivity contribution in [3.63, 3.8) is 0 Å². The van der Waals surface area contributed by atoms with Crippen LogP contribution in [0.5, 0.6) is 5.75 Å². The molecule has 3 aromatic carbocycles. The fourth-order valence-electron chi connectivity index (χ4n) is 5.93. The summed E-state index contributed by atoms with van der Waals surface area (Å²) in [6, 6.07) is 22.5. The first-order chi connectivity index (χ1) is 20.3. The summed E-state index contributed by atoms with van der Waals surface area (Å²) in [6.45, 7) is 2.03. The Bertz CT molecular complexity index is 1750. The Kier molecular flexibility index (Phi) is 7.66. The first-order valence-corrected chi connectivity index (χ1v) is 14.4. The lowest BCUT2D eigenvalue weighted by Gasteiger charge is -2.44. The van der Waals surface area contributed by atoms with Crippen LogP contribution in [0.2, 0.25) is 10.0 Å². The van der Waals surface area contributed by atoms with Crippen molar-refractivity contribution in [3.8, 4) is 5.75 Å². The van der Waals surface area contributed by atoms with Crippen LogP contribution in [0.25, 0.3) is 0 Å². The summed E-state index contributed by atoms with van der Waals surface area (Å²) >= 11 is 12.6. The molecule has 2 bridgehead atoms. The number of pyridine rings is 1. The summed E-state index contributed by atoms with van der Waals surface area (Å²) in [5.74, 6) is 0.199. The van der Waals surface area contributed by atoms with Crippen LogP contribution in [0.4, 0.5) is 17.1 Å². The lowest BCUT2D eigenvalue weighted by atomic mass is 9.83. The molecule has 2 amide bonds. The Morgan fingerprint density at radius 3 is 2.48 bits per heavy atom. The number of anilines is 3. The highest BCUT2D eigenvalue weighted by Crippen LogP contribution is 2.39. The summed E-state index contributed by atoms with van der Waals surface area (Å²) in [5.41, 5.74) is 3.53. The van der Waals surface area contributed by atoms with Gasteiger partial charge in [-0.15, -0.1) is 0 Å². The molecule has 6 rings (SSSR count). The van der Waals surface area contributed by atoms with Gasteiger partial charge < -0.3 is 24.8 Å². The summed E-state index contributed by atoms with van der Waals surface area (Å²) in [7, 11) is 1.52. The fourth-order valence-corrected chi connectivity index (χ4v) is 6.41. The van der Waals surface area contributed by atoms with Gasteiger partial charge in [0, 0.05) is 48.6 Å². The van der Waals surface area contributed by atoms with E-state index in [-0.39, 0.29) is 29.2 Å². The molecule has 2 atom stereocenters. The molecule has 10 heteroatoms. The van der Waals surface area contributed by atoms with Crippen LogP contribution < -0.4 is 25.8 Å². The maximum absolute atomic E-state index is 13.4. The van der Waals surface area contributed by atoms with Gasteiger partial charge in [-0.25, -0.2) is 0 Å². The molecule has 2 N–H and O–H groups in total. The number of halogens is 2. The number of nitrogens with one attached hydrogen (secondary N) is 2. The number of hydrogen-bond donors (Lipinski definition) is 2. The number of carbonyl (C=O) groups is 2. The van der Waals surface area contributed by atoms with Gasteiger partial charge >= 0.3 is 0 Å². The number of rotatable bonds is 6. The quantitative estimate of drug-likeness (QED) is 0.270. The molecule has 3 heterocycles. The molecule has 4 aromatic rings. The highest BCUT2D eigenvalue weighted by molar-refractivity contribution is 6.34. The number of benzene rings is 3. The van der Waals surface area contributed by atoms with E-state index in [0.29, 0.717) is 57.9 Å². The van der Waals surface area contributed by atoms with Crippen LogP contribution in [0.3, 0.4) is 0 Å². The Hall–Kier alpha value is -4.27. The highest BCUT2D eigenvalue weighted by Gasteiger charge is 2.35. The number of fused-ring (bicyclic) bond motifs is 4. The first kappa shape index (κ1) is 27.9. The minimum atomic E-state index is -0.379. The number of methoxy groups -OCH3 is 1. The Labute approximate surface area is 252 Å². The number of aromatic nitrogens is 1. The van der Waals surface area contributed by atoms with Gasteiger partial charge in [-0.2, -0.15) is 0 Å². The lowest BCUT2D eigenvalue weighted by Crippen LogP contribution is -2.47. The number of piperidine rings is 1. The van der Waals surface area contributed by atoms with Crippen LogP contribution >= 0.6 is 23.2 Å². The van der Waals surface area contributed by atoms with Crippen molar-refractivity contribution in [2.24, 2.45) is 5.92 Å². The van der Waals surface area contributed by atoms with Crippen LogP contribution in [0, 0.1) is 5.92 Å². The Morgan fingerprint density at radius 1 is 0.857 bits per heavy atom. The first-order valence-electron chi connectivity index (χ1n) is 13.6. The van der Waals surface area contributed by atoms with E-state index >= 15 is 0 Å². The van der Waals surface area contributed by atoms with Crippen molar-refractivity contribution in [1.82, 2.24) is 4.57 Å². The highest BCUT2D eigenvalue weighted by atomic mass is 35.5. The van der Waals surface area contributed by atoms with E-state index in [2.05, 4.69) is 15.5 Å². The van der Waals surface area contributed by atoms with Crippen molar-refractivity contribution < 1.29 is 14.3 Å². The van der Waals surface area contributed by atoms with Crippen molar-refractivity contribution >= 4 is 52.1 Å². The molecule has 214 valence electrons. The molecular weight excluding hydrogens is 575 g/mol. The van der Waals surface area contributed by atoms with Crippen LogP contribution in [-0.4, -0.2) is 36.6 Å². The number of ether oxygens (including phenoxy) is 1. The van der Waals surface area contributed by atoms with E-state index in [0.717, 1.165) is 17.8 Å². The monoisotopic (exact) mass is 602 g/mol. The average Bonchev–Trinajstić information content (AvgIpc) is 2.98. The molecule has 2 aliphatic rings. The molecule has 0 spiro atoms. The van der Waals surface area contributed by atoms with Gasteiger partial charge in [0.15, 0.2) is 0 Å². The lowest BCUT2D eigenvalue weighted by molar-refractivity contribution is 0.101. The standard InChI is InChI=1S/C32H28Cl2N4O4/c1-42-29-12-10-22(15-25(29)34)35-31(40)20-9-11-28(26(14-20)36-32(41)23-5-2-3-6-24(23)33)37-16-19-13-21(18-37)27-7-4-8-30(39)38(27)17-19/h2-12,14-15,19,21H,13,16-18H2,1H3,(H,35,40)(H,36,41)/t19-,21+/m1/s1. The maximum atomic E-state index is 13.4. The number of hydrogen-bond acceptors (Lipinski definition) is 5. The molecule has 8 nitrogen and oxygen atoms in total. The second-order valence-electron chi connectivity index (χ2n) is 10.6. The maximum Gasteiger partial charge on any atom is 0.257 e. The van der Waals surface area contributed by atoms with Crippen LogP contribution in [0.15, 0.2) is 83.7 Å². The van der Waals surface area contributed by atoms with Gasteiger partial charge in [0.05, 0.1) is 34.1 Å². The summed E-state index contributed by atoms with van der Waals surface area (Å²) < 4.78 is 7.08. The SMILES string of the molecule is COc1ccc(NC(=O)c2ccc(N3C[C@H]4C[C@@H](C3)c3cccc(=O)n3C4)c(NC(=O)c3ccccc3Cl)c2)cc1Cl. The molecule has 0 aliphatic carbocycles. The molecular formula is C32H28Cl2N4O4. The van der Waals surface area contributed by atoms with Gasteiger partial charge in [-0.05, 0) is 66.9 Å². The Morgan fingerprint density at radius 2 is 1.69 bits per heavy atom. The van der Waals surface area contributed by atoms with Gasteiger partial charge in [0.2, 0.25) is 0 Å². The zero-order chi connectivity index (χ0) is 29.4. The Balaban J connectivity index is 1.33. The van der Waals surface area contributed by atoms with E-state index in [9.17, 15) is 14.4 Å². The largest absolute Gasteiger partial charge is 0.495 e. The minimum Gasteiger partial charge on any atom is -0.495 e. The molecule has 1 fully saturated rings. The van der Waals surface area contributed by atoms with Gasteiger partial charge in [-0.1, -0.05) is 41.4 Å². The predicted octanol–water partition coefficient (Wildman–Crippen LogP) is 6.29. The van der Waals surface area contributed by atoms with Crippen LogP contribution in [-0.2, 0) is 6.54 Å². The molecule has 0 radical (unpaired) electrons. The molecule has 0 unspecified atom stereocenters. The fraction of sp³-hybridized carbons (Fsp3) is 0.219. The van der Waals surface area contributed by atoms with E-state index < -0.39 is 0 Å². The van der Waals surface area contributed by atoms with Crippen molar-refractivity contribution in [3.05, 3.63) is 116 Å². The van der Waals surface area contributed by atoms with Crippen molar-refractivity contribution in [2.75, 3.05) is 35.7 Å². The molecule has 0 saturated carbocycles. The number of nitrogens with zero attached hydrogens (tertiary/aromatic N) is 2. The summed E-state index contributed by atoms with van der Waals surface area (Å²) in [5, 5.41) is 6.57. The molecule has 2 aliphatic heterocycles. The van der Waals surface area contributed by atoms with E-state index in [1.807, 2.05) is 22.8 Å². The van der Waals surface area contributed by atoms with E-state index in [1.165, 1.54) is 7.11 Å². The van der Waals surface area contributed by atoms with Gasteiger partial charge in [-0.3, -0.25) is 14.4 Å². The molecule has 1 aromatic heterocycles. The van der Waals surface area contributed by atoms with E-state index in [4.69, 9.17) is 27.9 Å². The third kappa shape index (κ3) is 5.47. The van der Waals surface area contributed by atoms with Crippen LogP contribution in [0.1, 0.15) is 38.7 Å². The molecule has 42 heavy (non-hydrogen) atoms. The summed E-state index contributed by atoms with van der Waals surface area (Å²) in [4.78, 5) is 41.4. The normalized spacial score (nSPS) is 17.3. The van der Waals surface area contributed by atoms with Gasteiger partial charge in [0.25, 0.3) is 17.4 Å². The zero-order valence-corrected chi connectivity index (χ0v) is 24.3. The van der Waals surface area contributed by atoms with Crippen molar-refractivity contribution in [1.29, 1.82) is 0 Å². The number of carbonyl (C=O) groups excluding carboxylic acids is 2. The third-order valence-corrected chi connectivity index (χ3v) is 8.48.